The fraction of sp³-hybridized carbons (Fsp3) is 0.211. The van der Waals surface area contributed by atoms with Gasteiger partial charge in [-0.1, -0.05) is 53.1 Å². The van der Waals surface area contributed by atoms with Gasteiger partial charge in [0.25, 0.3) is 11.8 Å². The van der Waals surface area contributed by atoms with Crippen LogP contribution in [-0.4, -0.2) is 22.8 Å². The maximum atomic E-state index is 12.1. The van der Waals surface area contributed by atoms with Gasteiger partial charge in [-0.25, -0.2) is 4.79 Å². The Bertz CT molecular complexity index is 753. The number of fused-ring (bicyclic) bond motifs is 1. The number of imide groups is 1. The minimum atomic E-state index is -0.599. The largest absolute Gasteiger partial charge is 0.333 e. The lowest BCUT2D eigenvalue weighted by molar-refractivity contribution is -0.168. The third kappa shape index (κ3) is 3.20. The van der Waals surface area contributed by atoms with Gasteiger partial charge in [-0.3, -0.25) is 9.59 Å². The minimum absolute atomic E-state index is 0.117. The smallest absolute Gasteiger partial charge is 0.330 e. The second-order valence-corrected chi connectivity index (χ2v) is 5.77. The van der Waals surface area contributed by atoms with Crippen LogP contribution in [-0.2, 0) is 9.63 Å². The molecule has 0 spiro atoms. The molecule has 0 fully saturated rings. The third-order valence-electron chi connectivity index (χ3n) is 3.96. The van der Waals surface area contributed by atoms with Gasteiger partial charge in [-0.05, 0) is 31.4 Å². The van der Waals surface area contributed by atoms with Crippen LogP contribution in [0.5, 0.6) is 0 Å². The zero-order valence-corrected chi connectivity index (χ0v) is 13.3. The van der Waals surface area contributed by atoms with Gasteiger partial charge in [0, 0.05) is 6.42 Å². The fourth-order valence-electron chi connectivity index (χ4n) is 2.62. The van der Waals surface area contributed by atoms with Crippen molar-refractivity contribution >= 4 is 17.8 Å². The minimum Gasteiger partial charge on any atom is -0.330 e. The summed E-state index contributed by atoms with van der Waals surface area (Å²) in [5.41, 5.74) is 1.65. The summed E-state index contributed by atoms with van der Waals surface area (Å²) in [7, 11) is 0. The van der Waals surface area contributed by atoms with E-state index in [-0.39, 0.29) is 23.5 Å². The molecule has 1 unspecified atom stereocenters. The van der Waals surface area contributed by atoms with Crippen LogP contribution < -0.4 is 0 Å². The molecular weight excluding hydrogens is 306 g/mol. The molecule has 0 bridgehead atoms. The summed E-state index contributed by atoms with van der Waals surface area (Å²) in [4.78, 5) is 41.3. The third-order valence-corrected chi connectivity index (χ3v) is 3.96. The fourth-order valence-corrected chi connectivity index (χ4v) is 2.62. The molecule has 1 aromatic rings. The van der Waals surface area contributed by atoms with Gasteiger partial charge in [-0.15, -0.1) is 0 Å². The standard InChI is InChI=1S/C19H17NO4/c1-13-5-4-6-14(10-9-13)11-12-17(21)24-20-18(22)15-7-2-3-8-16(15)19(20)23/h2-10,14H,11-12H2,1H3. The summed E-state index contributed by atoms with van der Waals surface area (Å²) in [6.45, 7) is 2.00. The molecule has 2 aliphatic rings. The van der Waals surface area contributed by atoms with Gasteiger partial charge in [0.05, 0.1) is 11.1 Å². The van der Waals surface area contributed by atoms with Crippen LogP contribution in [0.4, 0.5) is 0 Å². The Labute approximate surface area is 139 Å². The van der Waals surface area contributed by atoms with Crippen LogP contribution >= 0.6 is 0 Å². The Morgan fingerprint density at radius 3 is 2.46 bits per heavy atom. The predicted octanol–water partition coefficient (Wildman–Crippen LogP) is 3.21. The van der Waals surface area contributed by atoms with Crippen LogP contribution in [0.1, 0.15) is 40.5 Å². The van der Waals surface area contributed by atoms with Gasteiger partial charge in [0.2, 0.25) is 0 Å². The van der Waals surface area contributed by atoms with Crippen molar-refractivity contribution < 1.29 is 19.2 Å². The number of carbonyl (C=O) groups excluding carboxylic acids is 3. The van der Waals surface area contributed by atoms with Crippen molar-refractivity contribution in [2.75, 3.05) is 0 Å². The Balaban J connectivity index is 1.58. The molecule has 3 rings (SSSR count). The van der Waals surface area contributed by atoms with E-state index in [1.54, 1.807) is 24.3 Å². The molecule has 1 aliphatic carbocycles. The van der Waals surface area contributed by atoms with E-state index in [2.05, 4.69) is 0 Å². The second kappa shape index (κ2) is 6.66. The molecule has 24 heavy (non-hydrogen) atoms. The quantitative estimate of drug-likeness (QED) is 0.798. The molecule has 0 aromatic heterocycles. The highest BCUT2D eigenvalue weighted by molar-refractivity contribution is 6.20. The first kappa shape index (κ1) is 15.9. The molecule has 0 radical (unpaired) electrons. The number of hydroxylamine groups is 2. The lowest BCUT2D eigenvalue weighted by Crippen LogP contribution is -2.32. The van der Waals surface area contributed by atoms with Crippen molar-refractivity contribution in [2.45, 2.75) is 19.8 Å². The average molecular weight is 323 g/mol. The number of allylic oxidation sites excluding steroid dienone is 6. The van der Waals surface area contributed by atoms with Gasteiger partial charge < -0.3 is 4.84 Å². The number of hydrogen-bond acceptors (Lipinski definition) is 4. The molecule has 1 heterocycles. The van der Waals surface area contributed by atoms with Crippen molar-refractivity contribution in [3.05, 3.63) is 71.3 Å². The van der Waals surface area contributed by atoms with Crippen molar-refractivity contribution in [3.8, 4) is 0 Å². The molecule has 0 saturated heterocycles. The number of amides is 2. The number of benzene rings is 1. The number of hydrogen-bond donors (Lipinski definition) is 0. The lowest BCUT2D eigenvalue weighted by Gasteiger charge is -2.13. The maximum Gasteiger partial charge on any atom is 0.333 e. The van der Waals surface area contributed by atoms with E-state index in [1.165, 1.54) is 0 Å². The Hall–Kier alpha value is -2.95. The van der Waals surface area contributed by atoms with Gasteiger partial charge in [0.1, 0.15) is 0 Å². The van der Waals surface area contributed by atoms with Crippen LogP contribution in [0, 0.1) is 5.92 Å². The summed E-state index contributed by atoms with van der Waals surface area (Å²) >= 11 is 0. The van der Waals surface area contributed by atoms with Crippen LogP contribution in [0.3, 0.4) is 0 Å². The summed E-state index contributed by atoms with van der Waals surface area (Å²) in [5.74, 6) is -1.68. The molecule has 5 heteroatoms. The van der Waals surface area contributed by atoms with Crippen molar-refractivity contribution in [1.82, 2.24) is 5.06 Å². The number of nitrogens with zero attached hydrogens (tertiary/aromatic N) is 1. The molecule has 2 amide bonds. The van der Waals surface area contributed by atoms with E-state index >= 15 is 0 Å². The average Bonchev–Trinajstić information content (AvgIpc) is 2.73. The number of rotatable bonds is 4. The highest BCUT2D eigenvalue weighted by Gasteiger charge is 2.38. The zero-order chi connectivity index (χ0) is 17.1. The maximum absolute atomic E-state index is 12.1. The van der Waals surface area contributed by atoms with Gasteiger partial charge in [-0.2, -0.15) is 0 Å². The van der Waals surface area contributed by atoms with E-state index in [9.17, 15) is 14.4 Å². The van der Waals surface area contributed by atoms with Crippen LogP contribution in [0.2, 0.25) is 0 Å². The van der Waals surface area contributed by atoms with E-state index in [0.29, 0.717) is 11.5 Å². The van der Waals surface area contributed by atoms with Gasteiger partial charge >= 0.3 is 5.97 Å². The van der Waals surface area contributed by atoms with E-state index in [0.717, 1.165) is 5.57 Å². The molecule has 1 aliphatic heterocycles. The first-order valence-corrected chi connectivity index (χ1v) is 7.78. The molecule has 5 nitrogen and oxygen atoms in total. The van der Waals surface area contributed by atoms with Crippen molar-refractivity contribution in [3.63, 3.8) is 0 Å². The molecule has 1 atom stereocenters. The molecular formula is C19H17NO4. The first-order valence-electron chi connectivity index (χ1n) is 7.78. The van der Waals surface area contributed by atoms with Gasteiger partial charge in [0.15, 0.2) is 0 Å². The first-order chi connectivity index (χ1) is 11.6. The number of carbonyl (C=O) groups is 3. The van der Waals surface area contributed by atoms with E-state index < -0.39 is 17.8 Å². The molecule has 0 N–H and O–H groups in total. The Morgan fingerprint density at radius 2 is 1.79 bits per heavy atom. The summed E-state index contributed by atoms with van der Waals surface area (Å²) in [6.07, 6.45) is 10.6. The van der Waals surface area contributed by atoms with Crippen molar-refractivity contribution in [1.29, 1.82) is 0 Å². The topological polar surface area (TPSA) is 63.7 Å². The predicted molar refractivity (Wildman–Crippen MR) is 87.8 cm³/mol. The summed E-state index contributed by atoms with van der Waals surface area (Å²) in [5, 5.41) is 0.553. The Kier molecular flexibility index (Phi) is 4.42. The summed E-state index contributed by atoms with van der Waals surface area (Å²) in [6, 6.07) is 6.41. The van der Waals surface area contributed by atoms with Crippen LogP contribution in [0.15, 0.2) is 60.2 Å². The van der Waals surface area contributed by atoms with Crippen LogP contribution in [0.25, 0.3) is 0 Å². The summed E-state index contributed by atoms with van der Waals surface area (Å²) < 4.78 is 0. The highest BCUT2D eigenvalue weighted by atomic mass is 16.7. The van der Waals surface area contributed by atoms with Crippen molar-refractivity contribution in [2.24, 2.45) is 5.92 Å². The molecule has 122 valence electrons. The highest BCUT2D eigenvalue weighted by Crippen LogP contribution is 2.23. The monoisotopic (exact) mass is 323 g/mol. The lowest BCUT2D eigenvalue weighted by atomic mass is 10.0. The second-order valence-electron chi connectivity index (χ2n) is 5.77. The normalized spacial score (nSPS) is 19.1. The van der Waals surface area contributed by atoms with E-state index in [1.807, 2.05) is 37.3 Å². The Morgan fingerprint density at radius 1 is 1.12 bits per heavy atom. The SMILES string of the molecule is CC1=CC=CC(CCC(=O)ON2C(=O)c3ccccc3C2=O)C=C1. The molecule has 1 aromatic carbocycles. The molecule has 0 saturated carbocycles. The zero-order valence-electron chi connectivity index (χ0n) is 13.3. The van der Waals surface area contributed by atoms with E-state index in [4.69, 9.17) is 4.84 Å².